The summed E-state index contributed by atoms with van der Waals surface area (Å²) in [6.45, 7) is 1.90. The molecule has 0 aromatic heterocycles. The summed E-state index contributed by atoms with van der Waals surface area (Å²) in [6, 6.07) is 7.01. The number of likely N-dealkylation sites (N-methyl/N-ethyl adjacent to an activating group) is 1. The summed E-state index contributed by atoms with van der Waals surface area (Å²) in [5, 5.41) is 2.96. The van der Waals surface area contributed by atoms with Crippen molar-refractivity contribution in [3.8, 4) is 0 Å². The average Bonchev–Trinajstić information content (AvgIpc) is 2.50. The number of hydrogen-bond acceptors (Lipinski definition) is 1. The van der Waals surface area contributed by atoms with E-state index in [2.05, 4.69) is 5.32 Å². The van der Waals surface area contributed by atoms with E-state index in [-0.39, 0.29) is 24.6 Å². The molecule has 25 heavy (non-hydrogen) atoms. The molecule has 7 heteroatoms. The molecular formula is C18H19ClF3N2O+. The number of halogens is 4. The molecule has 1 unspecified atom stereocenters. The second-order valence-electron chi connectivity index (χ2n) is 5.97. The number of nitrogens with one attached hydrogen (secondary N) is 2. The van der Waals surface area contributed by atoms with E-state index in [9.17, 15) is 18.0 Å². The lowest BCUT2D eigenvalue weighted by atomic mass is 10.1. The van der Waals surface area contributed by atoms with Gasteiger partial charge in [-0.25, -0.2) is 13.2 Å². The summed E-state index contributed by atoms with van der Waals surface area (Å²) in [7, 11) is 1.73. The van der Waals surface area contributed by atoms with Crippen LogP contribution in [0.15, 0.2) is 36.4 Å². The monoisotopic (exact) mass is 371 g/mol. The Bertz CT molecular complexity index is 750. The van der Waals surface area contributed by atoms with Crippen LogP contribution in [0.2, 0.25) is 5.02 Å². The van der Waals surface area contributed by atoms with E-state index in [4.69, 9.17) is 11.6 Å². The number of quaternary nitrogens is 1. The summed E-state index contributed by atoms with van der Waals surface area (Å²) in [4.78, 5) is 12.8. The van der Waals surface area contributed by atoms with Crippen molar-refractivity contribution in [1.29, 1.82) is 0 Å². The Morgan fingerprint density at radius 1 is 1.20 bits per heavy atom. The second kappa shape index (κ2) is 8.36. The summed E-state index contributed by atoms with van der Waals surface area (Å²) < 4.78 is 40.5. The third-order valence-corrected chi connectivity index (χ3v) is 4.16. The molecule has 1 amide bonds. The molecule has 0 fully saturated rings. The zero-order valence-electron chi connectivity index (χ0n) is 13.9. The number of benzene rings is 2. The second-order valence-corrected chi connectivity index (χ2v) is 6.37. The maximum atomic E-state index is 13.8. The molecule has 0 aliphatic rings. The Hall–Kier alpha value is -2.05. The van der Waals surface area contributed by atoms with Crippen LogP contribution in [-0.2, 0) is 11.3 Å². The van der Waals surface area contributed by atoms with Crippen molar-refractivity contribution in [3.63, 3.8) is 0 Å². The summed E-state index contributed by atoms with van der Waals surface area (Å²) in [5.74, 6) is -2.15. The Labute approximate surface area is 149 Å². The predicted molar refractivity (Wildman–Crippen MR) is 89.8 cm³/mol. The van der Waals surface area contributed by atoms with E-state index in [1.165, 1.54) is 18.2 Å². The number of amides is 1. The van der Waals surface area contributed by atoms with Gasteiger partial charge in [0.15, 0.2) is 6.54 Å². The molecule has 0 saturated heterocycles. The van der Waals surface area contributed by atoms with Crippen LogP contribution in [0.25, 0.3) is 0 Å². The van der Waals surface area contributed by atoms with Crippen molar-refractivity contribution in [1.82, 2.24) is 5.32 Å². The maximum absolute atomic E-state index is 13.8. The van der Waals surface area contributed by atoms with Crippen molar-refractivity contribution in [2.24, 2.45) is 0 Å². The Morgan fingerprint density at radius 2 is 1.92 bits per heavy atom. The summed E-state index contributed by atoms with van der Waals surface area (Å²) in [5.41, 5.74) is 0.539. The van der Waals surface area contributed by atoms with Crippen molar-refractivity contribution >= 4 is 17.5 Å². The lowest BCUT2D eigenvalue weighted by Crippen LogP contribution is -3.09. The highest BCUT2D eigenvalue weighted by atomic mass is 35.5. The molecule has 134 valence electrons. The van der Waals surface area contributed by atoms with Gasteiger partial charge in [0.25, 0.3) is 5.91 Å². The fourth-order valence-corrected chi connectivity index (χ4v) is 2.79. The molecule has 2 rings (SSSR count). The van der Waals surface area contributed by atoms with Gasteiger partial charge in [-0.1, -0.05) is 23.7 Å². The Kier molecular flexibility index (Phi) is 6.45. The highest BCUT2D eigenvalue weighted by Gasteiger charge is 2.18. The topological polar surface area (TPSA) is 33.5 Å². The van der Waals surface area contributed by atoms with Gasteiger partial charge >= 0.3 is 0 Å². The molecule has 0 heterocycles. The highest BCUT2D eigenvalue weighted by molar-refractivity contribution is 6.31. The van der Waals surface area contributed by atoms with Crippen LogP contribution in [0.1, 0.15) is 24.1 Å². The van der Waals surface area contributed by atoms with Crippen LogP contribution in [0.3, 0.4) is 0 Å². The molecule has 0 saturated carbocycles. The molecule has 0 bridgehead atoms. The molecule has 2 N–H and O–H groups in total. The van der Waals surface area contributed by atoms with Crippen LogP contribution in [0.4, 0.5) is 13.2 Å². The fourth-order valence-electron chi connectivity index (χ4n) is 2.56. The van der Waals surface area contributed by atoms with Crippen LogP contribution >= 0.6 is 11.6 Å². The Balaban J connectivity index is 1.95. The summed E-state index contributed by atoms with van der Waals surface area (Å²) in [6.07, 6.45) is 0. The minimum absolute atomic E-state index is 0.0534. The molecule has 2 atom stereocenters. The maximum Gasteiger partial charge on any atom is 0.275 e. The molecule has 2 aromatic rings. The number of carbonyl (C=O) groups is 1. The number of rotatable bonds is 6. The van der Waals surface area contributed by atoms with Crippen LogP contribution in [0, 0.1) is 17.5 Å². The van der Waals surface area contributed by atoms with Crippen molar-refractivity contribution in [2.45, 2.75) is 19.5 Å². The number of hydrogen-bond donors (Lipinski definition) is 2. The lowest BCUT2D eigenvalue weighted by molar-refractivity contribution is -0.885. The van der Waals surface area contributed by atoms with E-state index >= 15 is 0 Å². The first-order chi connectivity index (χ1) is 11.8. The molecule has 0 radical (unpaired) electrons. The van der Waals surface area contributed by atoms with E-state index in [0.29, 0.717) is 10.6 Å². The molecule has 0 aliphatic heterocycles. The molecule has 2 aromatic carbocycles. The number of carbonyl (C=O) groups excluding carboxylic acids is 1. The van der Waals surface area contributed by atoms with Gasteiger partial charge in [0.1, 0.15) is 24.0 Å². The van der Waals surface area contributed by atoms with Gasteiger partial charge in [0, 0.05) is 11.6 Å². The standard InChI is InChI=1S/C18H18ClF3N2O/c1-11(13-7-6-12(20)8-17(13)22)23-18(25)10-24(2)9-14-15(19)4-3-5-16(14)21/h3-8,11H,9-10H2,1-2H3,(H,23,25)/p+1/t11-/m0/s1. The lowest BCUT2D eigenvalue weighted by Gasteiger charge is -2.18. The van der Waals surface area contributed by atoms with E-state index < -0.39 is 23.5 Å². The van der Waals surface area contributed by atoms with Gasteiger partial charge in [-0.15, -0.1) is 0 Å². The van der Waals surface area contributed by atoms with E-state index in [0.717, 1.165) is 17.0 Å². The molecule has 3 nitrogen and oxygen atoms in total. The largest absolute Gasteiger partial charge is 0.345 e. The predicted octanol–water partition coefficient (Wildman–Crippen LogP) is 2.65. The van der Waals surface area contributed by atoms with Gasteiger partial charge in [-0.3, -0.25) is 4.79 Å². The van der Waals surface area contributed by atoms with Crippen molar-refractivity contribution in [3.05, 3.63) is 70.0 Å². The van der Waals surface area contributed by atoms with Crippen molar-refractivity contribution in [2.75, 3.05) is 13.6 Å². The minimum Gasteiger partial charge on any atom is -0.345 e. The molecular weight excluding hydrogens is 353 g/mol. The normalized spacial score (nSPS) is 13.4. The third kappa shape index (κ3) is 5.21. The first-order valence-electron chi connectivity index (χ1n) is 7.76. The van der Waals surface area contributed by atoms with E-state index in [1.54, 1.807) is 20.0 Å². The smallest absolute Gasteiger partial charge is 0.275 e. The van der Waals surface area contributed by atoms with E-state index in [1.807, 2.05) is 0 Å². The first-order valence-corrected chi connectivity index (χ1v) is 8.14. The summed E-state index contributed by atoms with van der Waals surface area (Å²) >= 11 is 5.98. The Morgan fingerprint density at radius 3 is 2.56 bits per heavy atom. The van der Waals surface area contributed by atoms with Crippen molar-refractivity contribution < 1.29 is 22.9 Å². The SMILES string of the molecule is C[C@H](NC(=O)C[NH+](C)Cc1c(F)cccc1Cl)c1ccc(F)cc1F. The first kappa shape index (κ1) is 19.3. The zero-order chi connectivity index (χ0) is 18.6. The van der Waals surface area contributed by atoms with Crippen LogP contribution in [0.5, 0.6) is 0 Å². The van der Waals surface area contributed by atoms with Crippen LogP contribution in [-0.4, -0.2) is 19.5 Å². The van der Waals surface area contributed by atoms with Crippen LogP contribution < -0.4 is 10.2 Å². The van der Waals surface area contributed by atoms with Gasteiger partial charge in [-0.05, 0) is 25.1 Å². The third-order valence-electron chi connectivity index (χ3n) is 3.81. The minimum atomic E-state index is -0.716. The molecule has 0 aliphatic carbocycles. The van der Waals surface area contributed by atoms with Gasteiger partial charge < -0.3 is 10.2 Å². The van der Waals surface area contributed by atoms with Gasteiger partial charge in [0.05, 0.1) is 23.7 Å². The average molecular weight is 372 g/mol. The highest BCUT2D eigenvalue weighted by Crippen LogP contribution is 2.18. The molecule has 0 spiro atoms. The fraction of sp³-hybridized carbons (Fsp3) is 0.278. The van der Waals surface area contributed by atoms with Gasteiger partial charge in [-0.2, -0.15) is 0 Å². The van der Waals surface area contributed by atoms with Gasteiger partial charge in [0.2, 0.25) is 0 Å². The quantitative estimate of drug-likeness (QED) is 0.804. The zero-order valence-corrected chi connectivity index (χ0v) is 14.6.